The Morgan fingerprint density at radius 2 is 1.89 bits per heavy atom. The standard InChI is InChI=1S/C17H23NS/c1-2-16-11-13-19-17(16)14-18-12-7-6-10-15-8-4-3-5-9-15/h3-5,8-9,11,13,18H,2,6-7,10,12,14H2,1H3. The van der Waals surface area contributed by atoms with Crippen LogP contribution in [0.25, 0.3) is 0 Å². The number of rotatable bonds is 8. The van der Waals surface area contributed by atoms with Crippen molar-refractivity contribution >= 4 is 11.3 Å². The third-order valence-corrected chi connectivity index (χ3v) is 4.38. The van der Waals surface area contributed by atoms with E-state index >= 15 is 0 Å². The molecule has 0 aliphatic heterocycles. The van der Waals surface area contributed by atoms with E-state index in [1.807, 2.05) is 11.3 Å². The van der Waals surface area contributed by atoms with Crippen molar-refractivity contribution in [2.45, 2.75) is 39.2 Å². The molecule has 0 atom stereocenters. The summed E-state index contributed by atoms with van der Waals surface area (Å²) in [6.45, 7) is 4.38. The Bertz CT molecular complexity index is 461. The number of benzene rings is 1. The Hall–Kier alpha value is -1.12. The van der Waals surface area contributed by atoms with Crippen LogP contribution >= 0.6 is 11.3 Å². The molecule has 0 saturated heterocycles. The van der Waals surface area contributed by atoms with Crippen molar-refractivity contribution in [2.24, 2.45) is 0 Å². The zero-order valence-electron chi connectivity index (χ0n) is 11.7. The van der Waals surface area contributed by atoms with Gasteiger partial charge in [-0.15, -0.1) is 11.3 Å². The second-order valence-electron chi connectivity index (χ2n) is 4.84. The first-order valence-corrected chi connectivity index (χ1v) is 8.08. The van der Waals surface area contributed by atoms with E-state index in [9.17, 15) is 0 Å². The molecule has 0 fully saturated rings. The lowest BCUT2D eigenvalue weighted by Gasteiger charge is -2.05. The first kappa shape index (κ1) is 14.3. The summed E-state index contributed by atoms with van der Waals surface area (Å²) < 4.78 is 0. The van der Waals surface area contributed by atoms with Gasteiger partial charge < -0.3 is 5.32 Å². The third kappa shape index (κ3) is 4.81. The molecule has 0 amide bonds. The van der Waals surface area contributed by atoms with Crippen LogP contribution in [0.2, 0.25) is 0 Å². The second kappa shape index (κ2) is 8.13. The topological polar surface area (TPSA) is 12.0 Å². The molecule has 0 bridgehead atoms. The average molecular weight is 273 g/mol. The number of aryl methyl sites for hydroxylation is 2. The Morgan fingerprint density at radius 3 is 2.68 bits per heavy atom. The number of thiophene rings is 1. The summed E-state index contributed by atoms with van der Waals surface area (Å²) in [4.78, 5) is 1.51. The van der Waals surface area contributed by atoms with Gasteiger partial charge in [-0.3, -0.25) is 0 Å². The molecule has 2 aromatic rings. The summed E-state index contributed by atoms with van der Waals surface area (Å²) >= 11 is 1.87. The summed E-state index contributed by atoms with van der Waals surface area (Å²) in [5, 5.41) is 5.76. The summed E-state index contributed by atoms with van der Waals surface area (Å²) in [6, 6.07) is 13.0. The van der Waals surface area contributed by atoms with Gasteiger partial charge in [-0.1, -0.05) is 37.3 Å². The maximum atomic E-state index is 3.56. The van der Waals surface area contributed by atoms with Gasteiger partial charge in [0.15, 0.2) is 0 Å². The van der Waals surface area contributed by atoms with Crippen molar-refractivity contribution in [1.29, 1.82) is 0 Å². The maximum absolute atomic E-state index is 3.56. The minimum absolute atomic E-state index is 1.03. The molecule has 1 nitrogen and oxygen atoms in total. The van der Waals surface area contributed by atoms with Gasteiger partial charge in [0, 0.05) is 11.4 Å². The average Bonchev–Trinajstić information content (AvgIpc) is 2.91. The maximum Gasteiger partial charge on any atom is 0.0302 e. The lowest BCUT2D eigenvalue weighted by Crippen LogP contribution is -2.14. The van der Waals surface area contributed by atoms with E-state index in [0.29, 0.717) is 0 Å². The van der Waals surface area contributed by atoms with Crippen LogP contribution in [0.15, 0.2) is 41.8 Å². The molecule has 1 aromatic carbocycles. The van der Waals surface area contributed by atoms with E-state index in [1.165, 1.54) is 35.3 Å². The summed E-state index contributed by atoms with van der Waals surface area (Å²) in [5.74, 6) is 0. The van der Waals surface area contributed by atoms with Crippen LogP contribution in [0.5, 0.6) is 0 Å². The molecule has 0 unspecified atom stereocenters. The van der Waals surface area contributed by atoms with Crippen LogP contribution in [0.1, 0.15) is 35.8 Å². The van der Waals surface area contributed by atoms with Crippen molar-refractivity contribution in [1.82, 2.24) is 5.32 Å². The Balaban J connectivity index is 1.58. The van der Waals surface area contributed by atoms with E-state index in [4.69, 9.17) is 0 Å². The molecule has 0 aliphatic rings. The highest BCUT2D eigenvalue weighted by molar-refractivity contribution is 7.10. The van der Waals surface area contributed by atoms with Gasteiger partial charge in [-0.25, -0.2) is 0 Å². The predicted octanol–water partition coefficient (Wildman–Crippen LogP) is 4.42. The minimum Gasteiger partial charge on any atom is -0.312 e. The minimum atomic E-state index is 1.03. The van der Waals surface area contributed by atoms with Crippen molar-refractivity contribution in [3.8, 4) is 0 Å². The van der Waals surface area contributed by atoms with E-state index < -0.39 is 0 Å². The number of unbranched alkanes of at least 4 members (excludes halogenated alkanes) is 1. The zero-order valence-corrected chi connectivity index (χ0v) is 12.5. The van der Waals surface area contributed by atoms with Crippen molar-refractivity contribution < 1.29 is 0 Å². The molecule has 102 valence electrons. The zero-order chi connectivity index (χ0) is 13.3. The molecule has 2 heteroatoms. The van der Waals surface area contributed by atoms with E-state index in [0.717, 1.165) is 19.5 Å². The first-order chi connectivity index (χ1) is 9.40. The molecular weight excluding hydrogens is 250 g/mol. The SMILES string of the molecule is CCc1ccsc1CNCCCCc1ccccc1. The van der Waals surface area contributed by atoms with Crippen molar-refractivity contribution in [3.63, 3.8) is 0 Å². The number of nitrogens with one attached hydrogen (secondary N) is 1. The van der Waals surface area contributed by atoms with E-state index in [-0.39, 0.29) is 0 Å². The fraction of sp³-hybridized carbons (Fsp3) is 0.412. The molecule has 19 heavy (non-hydrogen) atoms. The van der Waals surface area contributed by atoms with Crippen LogP contribution < -0.4 is 5.32 Å². The molecular formula is C17H23NS. The highest BCUT2D eigenvalue weighted by Crippen LogP contribution is 2.16. The number of hydrogen-bond acceptors (Lipinski definition) is 2. The Kier molecular flexibility index (Phi) is 6.12. The Labute approximate surface area is 120 Å². The van der Waals surface area contributed by atoms with Gasteiger partial charge in [0.05, 0.1) is 0 Å². The lowest BCUT2D eigenvalue weighted by atomic mass is 10.1. The van der Waals surface area contributed by atoms with E-state index in [2.05, 4.69) is 54.0 Å². The molecule has 1 N–H and O–H groups in total. The Morgan fingerprint density at radius 1 is 1.05 bits per heavy atom. The largest absolute Gasteiger partial charge is 0.312 e. The fourth-order valence-electron chi connectivity index (χ4n) is 2.26. The second-order valence-corrected chi connectivity index (χ2v) is 5.84. The fourth-order valence-corrected chi connectivity index (χ4v) is 3.21. The van der Waals surface area contributed by atoms with Crippen LogP contribution in [0.3, 0.4) is 0 Å². The van der Waals surface area contributed by atoms with Crippen LogP contribution in [0, 0.1) is 0 Å². The third-order valence-electron chi connectivity index (χ3n) is 3.42. The van der Waals surface area contributed by atoms with E-state index in [1.54, 1.807) is 0 Å². The summed E-state index contributed by atoms with van der Waals surface area (Å²) in [5.41, 5.74) is 2.95. The van der Waals surface area contributed by atoms with Crippen LogP contribution in [-0.4, -0.2) is 6.54 Å². The smallest absolute Gasteiger partial charge is 0.0302 e. The molecule has 0 radical (unpaired) electrons. The lowest BCUT2D eigenvalue weighted by molar-refractivity contribution is 0.625. The predicted molar refractivity (Wildman–Crippen MR) is 84.8 cm³/mol. The van der Waals surface area contributed by atoms with Gasteiger partial charge in [-0.2, -0.15) is 0 Å². The summed E-state index contributed by atoms with van der Waals surface area (Å²) in [6.07, 6.45) is 4.86. The number of hydrogen-bond donors (Lipinski definition) is 1. The van der Waals surface area contributed by atoms with Gasteiger partial charge >= 0.3 is 0 Å². The molecule has 1 aromatic heterocycles. The molecule has 0 aliphatic carbocycles. The highest BCUT2D eigenvalue weighted by Gasteiger charge is 2.01. The normalized spacial score (nSPS) is 10.8. The van der Waals surface area contributed by atoms with Gasteiger partial charge in [0.1, 0.15) is 0 Å². The highest BCUT2D eigenvalue weighted by atomic mass is 32.1. The van der Waals surface area contributed by atoms with Gasteiger partial charge in [0.2, 0.25) is 0 Å². The van der Waals surface area contributed by atoms with Crippen molar-refractivity contribution in [2.75, 3.05) is 6.54 Å². The molecule has 0 spiro atoms. The first-order valence-electron chi connectivity index (χ1n) is 7.20. The molecule has 0 saturated carbocycles. The quantitative estimate of drug-likeness (QED) is 0.702. The van der Waals surface area contributed by atoms with Gasteiger partial charge in [-0.05, 0) is 54.8 Å². The molecule has 2 rings (SSSR count). The van der Waals surface area contributed by atoms with Crippen LogP contribution in [-0.2, 0) is 19.4 Å². The van der Waals surface area contributed by atoms with Crippen LogP contribution in [0.4, 0.5) is 0 Å². The summed E-state index contributed by atoms with van der Waals surface area (Å²) in [7, 11) is 0. The monoisotopic (exact) mass is 273 g/mol. The van der Waals surface area contributed by atoms with Crippen molar-refractivity contribution in [3.05, 3.63) is 57.8 Å². The molecule has 1 heterocycles. The van der Waals surface area contributed by atoms with Gasteiger partial charge in [0.25, 0.3) is 0 Å².